The third kappa shape index (κ3) is 7.33. The van der Waals surface area contributed by atoms with Crippen LogP contribution in [0.3, 0.4) is 0 Å². The van der Waals surface area contributed by atoms with Gasteiger partial charge in [-0.1, -0.05) is 12.2 Å². The normalized spacial score (nSPS) is 25.8. The second-order valence-electron chi connectivity index (χ2n) is 4.79. The Labute approximate surface area is 152 Å². The molecule has 1 saturated carbocycles. The van der Waals surface area contributed by atoms with Gasteiger partial charge in [0.05, 0.1) is 11.8 Å². The number of aliphatic carboxylic acids is 3. The average Bonchev–Trinajstić information content (AvgIpc) is 2.96. The number of aliphatic hydroxyl groups excluding tert-OH is 1. The molecule has 2 rings (SSSR count). The van der Waals surface area contributed by atoms with Gasteiger partial charge in [0.2, 0.25) is 0 Å². The monoisotopic (exact) mass is 529 g/mol. The molecule has 2 aliphatic carbocycles. The Balaban J connectivity index is -0.000000359. The van der Waals surface area contributed by atoms with Gasteiger partial charge < -0.3 is 37.8 Å². The number of hydrogen-bond acceptors (Lipinski definition) is 7. The van der Waals surface area contributed by atoms with Crippen molar-refractivity contribution in [1.29, 1.82) is 0 Å². The van der Waals surface area contributed by atoms with Crippen molar-refractivity contribution in [2.45, 2.75) is 12.7 Å². The van der Waals surface area contributed by atoms with E-state index in [-0.39, 0.29) is 45.2 Å². The van der Waals surface area contributed by atoms with Gasteiger partial charge >= 0.3 is 39.0 Å². The molecule has 4 atom stereocenters. The van der Waals surface area contributed by atoms with E-state index in [9.17, 15) is 14.4 Å². The van der Waals surface area contributed by atoms with E-state index < -0.39 is 36.0 Å². The number of fused-ring (bicyclic) bond motifs is 2. The van der Waals surface area contributed by atoms with Crippen molar-refractivity contribution in [3.8, 4) is 0 Å². The van der Waals surface area contributed by atoms with Gasteiger partial charge in [-0.3, -0.25) is 9.59 Å². The molecule has 0 amide bonds. The van der Waals surface area contributed by atoms with Gasteiger partial charge in [0.15, 0.2) is 6.29 Å². The minimum Gasteiger partial charge on any atom is -0.481 e. The van der Waals surface area contributed by atoms with Crippen LogP contribution in [-0.4, -0.2) is 49.7 Å². The molecule has 2 aliphatic rings. The maximum Gasteiger partial charge on any atom is 2.00 e. The second kappa shape index (κ2) is 11.9. The van der Waals surface area contributed by atoms with Crippen molar-refractivity contribution in [3.63, 3.8) is 0 Å². The van der Waals surface area contributed by atoms with Crippen LogP contribution in [0, 0.1) is 23.7 Å². The standard InChI is InChI=1S/C9H10O4.C4H6O4.2H3N.Pt/c10-8(11)6-4-1-2-5(3-4)7(6)9(12)13;5-3(6)1-2-4(7)8;;;/h1-2,4-7H,3H2,(H,10,11)(H,12,13);1-3,5-6H,(H,7,8);2*1H3;/q;;;;+2/b;2-1-;;;. The van der Waals surface area contributed by atoms with Crippen molar-refractivity contribution < 1.29 is 61.0 Å². The van der Waals surface area contributed by atoms with Gasteiger partial charge in [-0.2, -0.15) is 0 Å². The van der Waals surface area contributed by atoms with Gasteiger partial charge in [-0.25, -0.2) is 4.79 Å². The molecule has 0 radical (unpaired) electrons. The van der Waals surface area contributed by atoms with Crippen LogP contribution in [0.15, 0.2) is 24.3 Å². The van der Waals surface area contributed by atoms with Crippen LogP contribution >= 0.6 is 0 Å². The summed E-state index contributed by atoms with van der Waals surface area (Å²) < 4.78 is 0. The van der Waals surface area contributed by atoms with E-state index in [0.717, 1.165) is 6.08 Å². The molecule has 24 heavy (non-hydrogen) atoms. The van der Waals surface area contributed by atoms with Crippen molar-refractivity contribution in [3.05, 3.63) is 24.3 Å². The molecule has 0 aromatic carbocycles. The zero-order valence-electron chi connectivity index (χ0n) is 12.6. The van der Waals surface area contributed by atoms with Crippen LogP contribution in [0.4, 0.5) is 0 Å². The number of carboxylic acids is 3. The molecule has 0 aromatic heterocycles. The fourth-order valence-electron chi connectivity index (χ4n) is 2.66. The first-order valence-corrected chi connectivity index (χ1v) is 6.15. The van der Waals surface area contributed by atoms with Gasteiger partial charge in [-0.15, -0.1) is 0 Å². The molecule has 0 heterocycles. The van der Waals surface area contributed by atoms with E-state index in [1.54, 1.807) is 0 Å². The first kappa shape index (κ1) is 27.3. The quantitative estimate of drug-likeness (QED) is 0.145. The Bertz CT molecular complexity index is 466. The molecule has 1 fully saturated rings. The Morgan fingerprint density at radius 1 is 0.917 bits per heavy atom. The SMILES string of the molecule is N.N.O=C(O)/C=C\C(O)O.O=C(O)C1C2C=CC(C2)C1C(=O)O.[Pt+2]. The largest absolute Gasteiger partial charge is 2.00 e. The minimum absolute atomic E-state index is 0. The molecule has 11 heteroatoms. The van der Waals surface area contributed by atoms with Crippen molar-refractivity contribution in [1.82, 2.24) is 12.3 Å². The molecule has 0 saturated heterocycles. The molecule has 11 N–H and O–H groups in total. The van der Waals surface area contributed by atoms with Crippen LogP contribution in [0.2, 0.25) is 0 Å². The number of aliphatic hydroxyl groups is 2. The number of carbonyl (C=O) groups is 3. The van der Waals surface area contributed by atoms with Crippen LogP contribution < -0.4 is 12.3 Å². The summed E-state index contributed by atoms with van der Waals surface area (Å²) in [6.07, 6.45) is 4.10. The Kier molecular flexibility index (Phi) is 13.5. The summed E-state index contributed by atoms with van der Waals surface area (Å²) in [5.74, 6) is -4.72. The zero-order chi connectivity index (χ0) is 16.2. The minimum atomic E-state index is -1.67. The Morgan fingerprint density at radius 2 is 1.29 bits per heavy atom. The smallest absolute Gasteiger partial charge is 0.481 e. The fourth-order valence-corrected chi connectivity index (χ4v) is 2.66. The molecule has 4 unspecified atom stereocenters. The van der Waals surface area contributed by atoms with Crippen molar-refractivity contribution in [2.75, 3.05) is 0 Å². The van der Waals surface area contributed by atoms with Crippen molar-refractivity contribution in [2.24, 2.45) is 23.7 Å². The summed E-state index contributed by atoms with van der Waals surface area (Å²) in [5, 5.41) is 41.6. The van der Waals surface area contributed by atoms with Gasteiger partial charge in [0.1, 0.15) is 0 Å². The molecule has 0 aliphatic heterocycles. The van der Waals surface area contributed by atoms with E-state index in [2.05, 4.69) is 0 Å². The Morgan fingerprint density at radius 3 is 1.50 bits per heavy atom. The van der Waals surface area contributed by atoms with Crippen LogP contribution in [-0.2, 0) is 35.4 Å². The van der Waals surface area contributed by atoms with E-state index >= 15 is 0 Å². The summed E-state index contributed by atoms with van der Waals surface area (Å²) >= 11 is 0. The molecule has 0 aromatic rings. The molecule has 0 spiro atoms. The first-order chi connectivity index (χ1) is 9.73. The molecule has 10 nitrogen and oxygen atoms in total. The third-order valence-corrected chi connectivity index (χ3v) is 3.44. The van der Waals surface area contributed by atoms with Gasteiger partial charge in [0.25, 0.3) is 0 Å². The zero-order valence-corrected chi connectivity index (χ0v) is 14.9. The number of allylic oxidation sites excluding steroid dienone is 2. The predicted molar refractivity (Wildman–Crippen MR) is 78.0 cm³/mol. The summed E-state index contributed by atoms with van der Waals surface area (Å²) in [4.78, 5) is 31.2. The summed E-state index contributed by atoms with van der Waals surface area (Å²) in [5.41, 5.74) is 0. The molecular weight excluding hydrogens is 507 g/mol. The van der Waals surface area contributed by atoms with Gasteiger partial charge in [0, 0.05) is 6.08 Å². The third-order valence-electron chi connectivity index (χ3n) is 3.44. The summed E-state index contributed by atoms with van der Waals surface area (Å²) in [6.45, 7) is 0. The van der Waals surface area contributed by atoms with Crippen LogP contribution in [0.25, 0.3) is 0 Å². The maximum atomic E-state index is 10.8. The Hall–Kier alpha value is -1.58. The first-order valence-electron chi connectivity index (χ1n) is 6.15. The molecule has 140 valence electrons. The average molecular weight is 529 g/mol. The van der Waals surface area contributed by atoms with E-state index in [4.69, 9.17) is 25.5 Å². The fraction of sp³-hybridized carbons (Fsp3) is 0.462. The van der Waals surface area contributed by atoms with Crippen molar-refractivity contribution >= 4 is 17.9 Å². The molecule has 2 bridgehead atoms. The maximum absolute atomic E-state index is 10.8. The molecular formula is C13H22N2O8Pt+2. The number of hydrogen-bond donors (Lipinski definition) is 7. The van der Waals surface area contributed by atoms with E-state index in [1.165, 1.54) is 0 Å². The van der Waals surface area contributed by atoms with Gasteiger partial charge in [-0.05, 0) is 24.3 Å². The second-order valence-corrected chi connectivity index (χ2v) is 4.79. The van der Waals surface area contributed by atoms with E-state index in [0.29, 0.717) is 12.5 Å². The topological polar surface area (TPSA) is 222 Å². The van der Waals surface area contributed by atoms with Crippen LogP contribution in [0.1, 0.15) is 6.42 Å². The van der Waals surface area contributed by atoms with Crippen LogP contribution in [0.5, 0.6) is 0 Å². The number of rotatable bonds is 4. The summed E-state index contributed by atoms with van der Waals surface area (Å²) in [7, 11) is 0. The summed E-state index contributed by atoms with van der Waals surface area (Å²) in [6, 6.07) is 0. The number of carboxylic acid groups (broad SMARTS) is 3. The predicted octanol–water partition coefficient (Wildman–Crippen LogP) is -0.147. The van der Waals surface area contributed by atoms with E-state index in [1.807, 2.05) is 12.2 Å².